The van der Waals surface area contributed by atoms with Crippen molar-refractivity contribution in [1.29, 1.82) is 0 Å². The number of carbonyl (C=O) groups excluding carboxylic acids is 1. The maximum absolute atomic E-state index is 12.3. The summed E-state index contributed by atoms with van der Waals surface area (Å²) in [6.45, 7) is 0. The molecule has 2 rings (SSSR count). The molecule has 0 saturated carbocycles. The van der Waals surface area contributed by atoms with Gasteiger partial charge in [-0.3, -0.25) is 9.59 Å². The van der Waals surface area contributed by atoms with Crippen LogP contribution >= 0.6 is 15.9 Å². The van der Waals surface area contributed by atoms with E-state index >= 15 is 0 Å². The van der Waals surface area contributed by atoms with Crippen molar-refractivity contribution < 1.29 is 19.8 Å². The molecule has 0 aliphatic carbocycles. The van der Waals surface area contributed by atoms with Gasteiger partial charge in [0.15, 0.2) is 5.78 Å². The van der Waals surface area contributed by atoms with Crippen LogP contribution in [0.25, 0.3) is 0 Å². The second kappa shape index (κ2) is 7.92. The highest BCUT2D eigenvalue weighted by molar-refractivity contribution is 9.10. The molecule has 23 heavy (non-hydrogen) atoms. The third-order valence-electron chi connectivity index (χ3n) is 3.66. The van der Waals surface area contributed by atoms with Crippen LogP contribution in [0.5, 0.6) is 5.75 Å². The minimum absolute atomic E-state index is 0.133. The molecule has 2 aromatic carbocycles. The van der Waals surface area contributed by atoms with E-state index in [0.717, 1.165) is 5.56 Å². The third-order valence-corrected chi connectivity index (χ3v) is 4.16. The fraction of sp³-hybridized carbons (Fsp3) is 0.222. The van der Waals surface area contributed by atoms with Gasteiger partial charge in [-0.15, -0.1) is 0 Å². The number of benzene rings is 2. The van der Waals surface area contributed by atoms with E-state index in [9.17, 15) is 19.8 Å². The molecule has 0 unspecified atom stereocenters. The van der Waals surface area contributed by atoms with Crippen molar-refractivity contribution in [2.75, 3.05) is 0 Å². The van der Waals surface area contributed by atoms with E-state index in [4.69, 9.17) is 0 Å². The van der Waals surface area contributed by atoms with Gasteiger partial charge in [0.25, 0.3) is 0 Å². The number of phenolic OH excluding ortho intramolecular Hbond substituents is 1. The maximum atomic E-state index is 12.3. The molecular weight excluding hydrogens is 360 g/mol. The molecular formula is C18H17BrO4. The normalized spacial score (nSPS) is 11.9. The molecule has 0 spiro atoms. The number of aliphatic carboxylic acids is 1. The van der Waals surface area contributed by atoms with Crippen molar-refractivity contribution >= 4 is 27.7 Å². The van der Waals surface area contributed by atoms with Crippen molar-refractivity contribution in [3.63, 3.8) is 0 Å². The van der Waals surface area contributed by atoms with Crippen LogP contribution in [0.4, 0.5) is 0 Å². The van der Waals surface area contributed by atoms with Crippen molar-refractivity contribution in [3.05, 3.63) is 64.1 Å². The molecule has 0 bridgehead atoms. The van der Waals surface area contributed by atoms with Crippen molar-refractivity contribution in [2.24, 2.45) is 5.92 Å². The average molecular weight is 377 g/mol. The molecule has 0 aromatic heterocycles. The second-order valence-electron chi connectivity index (χ2n) is 5.35. The standard InChI is InChI=1S/C18H17BrO4/c19-14-8-9-16(20)15(11-14)17(21)10-13(18(22)23)7-6-12-4-2-1-3-5-12/h1-5,8-9,11,13,20H,6-7,10H2,(H,22,23)/t13-/m1/s1. The number of aromatic hydroxyl groups is 1. The van der Waals surface area contributed by atoms with Gasteiger partial charge >= 0.3 is 5.97 Å². The molecule has 4 nitrogen and oxygen atoms in total. The fourth-order valence-corrected chi connectivity index (χ4v) is 2.72. The lowest BCUT2D eigenvalue weighted by atomic mass is 9.92. The number of phenols is 1. The van der Waals surface area contributed by atoms with Gasteiger partial charge < -0.3 is 10.2 Å². The fourth-order valence-electron chi connectivity index (χ4n) is 2.36. The molecule has 1 atom stereocenters. The number of carbonyl (C=O) groups is 2. The molecule has 0 fully saturated rings. The summed E-state index contributed by atoms with van der Waals surface area (Å²) in [6, 6.07) is 14.1. The molecule has 2 N–H and O–H groups in total. The van der Waals surface area contributed by atoms with Gasteiger partial charge in [0.05, 0.1) is 11.5 Å². The van der Waals surface area contributed by atoms with Gasteiger partial charge in [-0.1, -0.05) is 46.3 Å². The second-order valence-corrected chi connectivity index (χ2v) is 6.26. The van der Waals surface area contributed by atoms with Crippen LogP contribution in [0.2, 0.25) is 0 Å². The van der Waals surface area contributed by atoms with Crippen LogP contribution < -0.4 is 0 Å². The molecule has 2 aromatic rings. The monoisotopic (exact) mass is 376 g/mol. The summed E-state index contributed by atoms with van der Waals surface area (Å²) >= 11 is 3.24. The Balaban J connectivity index is 2.05. The predicted molar refractivity (Wildman–Crippen MR) is 90.6 cm³/mol. The van der Waals surface area contributed by atoms with E-state index in [-0.39, 0.29) is 23.5 Å². The predicted octanol–water partition coefficient (Wildman–Crippen LogP) is 4.06. The maximum Gasteiger partial charge on any atom is 0.306 e. The van der Waals surface area contributed by atoms with Crippen LogP contribution in [0, 0.1) is 5.92 Å². The van der Waals surface area contributed by atoms with Gasteiger partial charge in [-0.2, -0.15) is 0 Å². The molecule has 0 heterocycles. The SMILES string of the molecule is O=C(C[C@@H](CCc1ccccc1)C(=O)O)c1cc(Br)ccc1O. The molecule has 5 heteroatoms. The summed E-state index contributed by atoms with van der Waals surface area (Å²) in [5.74, 6) is -2.28. The van der Waals surface area contributed by atoms with E-state index < -0.39 is 11.9 Å². The largest absolute Gasteiger partial charge is 0.507 e. The van der Waals surface area contributed by atoms with Crippen LogP contribution in [-0.4, -0.2) is 22.0 Å². The van der Waals surface area contributed by atoms with Gasteiger partial charge in [-0.05, 0) is 36.6 Å². The van der Waals surface area contributed by atoms with Crippen LogP contribution in [-0.2, 0) is 11.2 Å². The smallest absolute Gasteiger partial charge is 0.306 e. The average Bonchev–Trinajstić information content (AvgIpc) is 2.54. The molecule has 0 aliphatic heterocycles. The molecule has 0 saturated heterocycles. The number of carboxylic acids is 1. The first kappa shape index (κ1) is 17.2. The Bertz CT molecular complexity index is 697. The molecule has 0 aliphatic rings. The number of rotatable bonds is 7. The van der Waals surface area contributed by atoms with Crippen LogP contribution in [0.1, 0.15) is 28.8 Å². The van der Waals surface area contributed by atoms with Crippen LogP contribution in [0.3, 0.4) is 0 Å². The zero-order chi connectivity index (χ0) is 16.8. The number of hydrogen-bond acceptors (Lipinski definition) is 3. The Morgan fingerprint density at radius 3 is 2.43 bits per heavy atom. The topological polar surface area (TPSA) is 74.6 Å². The highest BCUT2D eigenvalue weighted by Gasteiger charge is 2.23. The number of hydrogen-bond donors (Lipinski definition) is 2. The van der Waals surface area contributed by atoms with Crippen molar-refractivity contribution in [2.45, 2.75) is 19.3 Å². The van der Waals surface area contributed by atoms with Gasteiger partial charge in [0, 0.05) is 10.9 Å². The highest BCUT2D eigenvalue weighted by Crippen LogP contribution is 2.25. The summed E-state index contributed by atoms with van der Waals surface area (Å²) in [4.78, 5) is 23.7. The summed E-state index contributed by atoms with van der Waals surface area (Å²) < 4.78 is 0.662. The number of aryl methyl sites for hydroxylation is 1. The highest BCUT2D eigenvalue weighted by atomic mass is 79.9. The zero-order valence-electron chi connectivity index (χ0n) is 12.4. The van der Waals surface area contributed by atoms with Crippen molar-refractivity contribution in [3.8, 4) is 5.75 Å². The molecule has 0 amide bonds. The first-order valence-corrected chi connectivity index (χ1v) is 8.05. The Morgan fingerprint density at radius 2 is 1.78 bits per heavy atom. The summed E-state index contributed by atoms with van der Waals surface area (Å²) in [7, 11) is 0. The van der Waals surface area contributed by atoms with E-state index in [1.807, 2.05) is 30.3 Å². The minimum Gasteiger partial charge on any atom is -0.507 e. The van der Waals surface area contributed by atoms with E-state index in [1.165, 1.54) is 12.1 Å². The first-order chi connectivity index (χ1) is 11.0. The third kappa shape index (κ3) is 4.93. The minimum atomic E-state index is -0.997. The number of carboxylic acid groups (broad SMARTS) is 1. The quantitative estimate of drug-likeness (QED) is 0.714. The van der Waals surface area contributed by atoms with Crippen molar-refractivity contribution in [1.82, 2.24) is 0 Å². The van der Waals surface area contributed by atoms with Gasteiger partial charge in [-0.25, -0.2) is 0 Å². The summed E-state index contributed by atoms with van der Waals surface area (Å²) in [6.07, 6.45) is 0.835. The number of halogens is 1. The summed E-state index contributed by atoms with van der Waals surface area (Å²) in [5.41, 5.74) is 1.18. The van der Waals surface area contributed by atoms with Gasteiger partial charge in [0.2, 0.25) is 0 Å². The Morgan fingerprint density at radius 1 is 1.09 bits per heavy atom. The zero-order valence-corrected chi connectivity index (χ0v) is 14.0. The lowest BCUT2D eigenvalue weighted by Gasteiger charge is -2.12. The van der Waals surface area contributed by atoms with E-state index in [2.05, 4.69) is 15.9 Å². The Labute approximate surface area is 142 Å². The lowest BCUT2D eigenvalue weighted by Crippen LogP contribution is -2.19. The molecule has 0 radical (unpaired) electrons. The van der Waals surface area contributed by atoms with E-state index in [1.54, 1.807) is 6.07 Å². The number of ketones is 1. The number of Topliss-reactive ketones (excluding diaryl/α,β-unsaturated/α-hetero) is 1. The Hall–Kier alpha value is -2.14. The molecule has 120 valence electrons. The first-order valence-electron chi connectivity index (χ1n) is 7.26. The van der Waals surface area contributed by atoms with Crippen LogP contribution in [0.15, 0.2) is 53.0 Å². The van der Waals surface area contributed by atoms with Gasteiger partial charge in [0.1, 0.15) is 5.75 Å². The Kier molecular flexibility index (Phi) is 5.93. The lowest BCUT2D eigenvalue weighted by molar-refractivity contribution is -0.141. The summed E-state index contributed by atoms with van der Waals surface area (Å²) in [5, 5.41) is 19.1. The van der Waals surface area contributed by atoms with E-state index in [0.29, 0.717) is 17.3 Å².